The number of nitrogens with one attached hydrogen (secondary N) is 1. The maximum Gasteiger partial charge on any atom is 0.253 e. The van der Waals surface area contributed by atoms with Crippen LogP contribution in [0.4, 0.5) is 5.69 Å². The molecule has 0 aliphatic carbocycles. The lowest BCUT2D eigenvalue weighted by molar-refractivity contribution is -0.126. The average Bonchev–Trinajstić information content (AvgIpc) is 2.84. The maximum atomic E-state index is 12.1. The van der Waals surface area contributed by atoms with Gasteiger partial charge in [0.25, 0.3) is 5.91 Å². The number of benzene rings is 1. The molecular formula is C16H19NO3. The zero-order chi connectivity index (χ0) is 14.5. The molecule has 0 spiro atoms. The standard InChI is InChI=1S/C16H19NO3/c1-11-7-9-20-15(11)16(19)17-14-6-5-13(4-3-8-18)12(2)10-14/h5-6,10-11,15,18H,7-9H2,1-2H3,(H,17,19). The summed E-state index contributed by atoms with van der Waals surface area (Å²) in [5, 5.41) is 11.6. The SMILES string of the molecule is Cc1cc(NC(=O)C2OCCC2C)ccc1C#CCO. The number of carbonyl (C=O) groups is 1. The maximum absolute atomic E-state index is 12.1. The predicted octanol–water partition coefficient (Wildman–Crippen LogP) is 1.70. The minimum atomic E-state index is -0.357. The third-order valence-electron chi connectivity index (χ3n) is 3.44. The Morgan fingerprint density at radius 2 is 2.35 bits per heavy atom. The van der Waals surface area contributed by atoms with Crippen molar-refractivity contribution in [3.63, 3.8) is 0 Å². The van der Waals surface area contributed by atoms with Gasteiger partial charge in [0.15, 0.2) is 0 Å². The molecule has 1 fully saturated rings. The number of aliphatic hydroxyl groups excluding tert-OH is 1. The fourth-order valence-electron chi connectivity index (χ4n) is 2.26. The molecule has 1 heterocycles. The Morgan fingerprint density at radius 1 is 1.55 bits per heavy atom. The Kier molecular flexibility index (Phi) is 4.78. The van der Waals surface area contributed by atoms with Crippen LogP contribution in [0.15, 0.2) is 18.2 Å². The number of carbonyl (C=O) groups excluding carboxylic acids is 1. The highest BCUT2D eigenvalue weighted by atomic mass is 16.5. The van der Waals surface area contributed by atoms with E-state index >= 15 is 0 Å². The average molecular weight is 273 g/mol. The summed E-state index contributed by atoms with van der Waals surface area (Å²) in [6, 6.07) is 5.53. The highest BCUT2D eigenvalue weighted by Crippen LogP contribution is 2.22. The Balaban J connectivity index is 2.06. The molecule has 1 aromatic rings. The van der Waals surface area contributed by atoms with Crippen LogP contribution in [-0.2, 0) is 9.53 Å². The molecule has 2 rings (SSSR count). The normalized spacial score (nSPS) is 21.1. The molecule has 2 atom stereocenters. The highest BCUT2D eigenvalue weighted by Gasteiger charge is 2.30. The van der Waals surface area contributed by atoms with Crippen LogP contribution in [-0.4, -0.2) is 30.3 Å². The molecule has 1 saturated heterocycles. The van der Waals surface area contributed by atoms with Gasteiger partial charge in [0.2, 0.25) is 0 Å². The minimum absolute atomic E-state index is 0.0939. The number of rotatable bonds is 2. The van der Waals surface area contributed by atoms with Crippen LogP contribution in [0.25, 0.3) is 0 Å². The fourth-order valence-corrected chi connectivity index (χ4v) is 2.26. The summed E-state index contributed by atoms with van der Waals surface area (Å²) in [4.78, 5) is 12.1. The van der Waals surface area contributed by atoms with E-state index in [9.17, 15) is 4.79 Å². The molecule has 0 radical (unpaired) electrons. The zero-order valence-corrected chi connectivity index (χ0v) is 11.8. The topological polar surface area (TPSA) is 58.6 Å². The monoisotopic (exact) mass is 273 g/mol. The van der Waals surface area contributed by atoms with Gasteiger partial charge in [-0.1, -0.05) is 18.8 Å². The molecule has 4 heteroatoms. The number of amides is 1. The van der Waals surface area contributed by atoms with Gasteiger partial charge in [-0.05, 0) is 43.0 Å². The van der Waals surface area contributed by atoms with Crippen LogP contribution in [0.1, 0.15) is 24.5 Å². The predicted molar refractivity (Wildman–Crippen MR) is 77.3 cm³/mol. The molecule has 20 heavy (non-hydrogen) atoms. The van der Waals surface area contributed by atoms with Crippen LogP contribution in [0.2, 0.25) is 0 Å². The third kappa shape index (κ3) is 3.38. The molecule has 2 unspecified atom stereocenters. The lowest BCUT2D eigenvalue weighted by Crippen LogP contribution is -2.31. The molecule has 106 valence electrons. The molecule has 0 saturated carbocycles. The van der Waals surface area contributed by atoms with Crippen LogP contribution in [0, 0.1) is 24.7 Å². The summed E-state index contributed by atoms with van der Waals surface area (Å²) >= 11 is 0. The third-order valence-corrected chi connectivity index (χ3v) is 3.44. The van der Waals surface area contributed by atoms with E-state index in [1.54, 1.807) is 0 Å². The number of anilines is 1. The first-order valence-electron chi connectivity index (χ1n) is 6.74. The van der Waals surface area contributed by atoms with Crippen molar-refractivity contribution in [2.45, 2.75) is 26.4 Å². The number of ether oxygens (including phenoxy) is 1. The quantitative estimate of drug-likeness (QED) is 0.806. The summed E-state index contributed by atoms with van der Waals surface area (Å²) in [7, 11) is 0. The Morgan fingerprint density at radius 3 is 2.95 bits per heavy atom. The lowest BCUT2D eigenvalue weighted by atomic mass is 10.0. The molecule has 1 aromatic carbocycles. The summed E-state index contributed by atoms with van der Waals surface area (Å²) in [5.41, 5.74) is 2.55. The van der Waals surface area contributed by atoms with Gasteiger partial charge in [-0.2, -0.15) is 0 Å². The second-order valence-corrected chi connectivity index (χ2v) is 5.04. The number of aliphatic hydroxyl groups is 1. The van der Waals surface area contributed by atoms with E-state index in [0.717, 1.165) is 23.2 Å². The van der Waals surface area contributed by atoms with Gasteiger partial charge < -0.3 is 15.2 Å². The fraction of sp³-hybridized carbons (Fsp3) is 0.438. The highest BCUT2D eigenvalue weighted by molar-refractivity contribution is 5.94. The van der Waals surface area contributed by atoms with Gasteiger partial charge in [0.1, 0.15) is 12.7 Å². The van der Waals surface area contributed by atoms with Gasteiger partial charge in [-0.3, -0.25) is 4.79 Å². The van der Waals surface area contributed by atoms with Crippen molar-refractivity contribution in [1.29, 1.82) is 0 Å². The van der Waals surface area contributed by atoms with Crippen molar-refractivity contribution in [3.05, 3.63) is 29.3 Å². The summed E-state index contributed by atoms with van der Waals surface area (Å²) in [6.07, 6.45) is 0.566. The molecule has 4 nitrogen and oxygen atoms in total. The van der Waals surface area contributed by atoms with E-state index in [2.05, 4.69) is 17.2 Å². The van der Waals surface area contributed by atoms with E-state index in [0.29, 0.717) is 6.61 Å². The van der Waals surface area contributed by atoms with E-state index in [4.69, 9.17) is 9.84 Å². The van der Waals surface area contributed by atoms with Gasteiger partial charge in [-0.25, -0.2) is 0 Å². The van der Waals surface area contributed by atoms with Crippen LogP contribution in [0.5, 0.6) is 0 Å². The summed E-state index contributed by atoms with van der Waals surface area (Å²) in [6.45, 7) is 4.44. The van der Waals surface area contributed by atoms with Crippen molar-refractivity contribution in [3.8, 4) is 11.8 Å². The molecule has 0 bridgehead atoms. The molecule has 1 aliphatic rings. The van der Waals surface area contributed by atoms with Crippen molar-refractivity contribution in [2.75, 3.05) is 18.5 Å². The van der Waals surface area contributed by atoms with E-state index in [1.165, 1.54) is 0 Å². The smallest absolute Gasteiger partial charge is 0.253 e. The largest absolute Gasteiger partial charge is 0.384 e. The molecular weight excluding hydrogens is 254 g/mol. The lowest BCUT2D eigenvalue weighted by Gasteiger charge is -2.15. The van der Waals surface area contributed by atoms with Crippen LogP contribution in [0.3, 0.4) is 0 Å². The van der Waals surface area contributed by atoms with Gasteiger partial charge in [0, 0.05) is 17.9 Å². The van der Waals surface area contributed by atoms with Gasteiger partial charge >= 0.3 is 0 Å². The van der Waals surface area contributed by atoms with E-state index in [-0.39, 0.29) is 24.5 Å². The van der Waals surface area contributed by atoms with Crippen molar-refractivity contribution < 1.29 is 14.6 Å². The van der Waals surface area contributed by atoms with Gasteiger partial charge in [-0.15, -0.1) is 0 Å². The van der Waals surface area contributed by atoms with Crippen molar-refractivity contribution >= 4 is 11.6 Å². The summed E-state index contributed by atoms with van der Waals surface area (Å²) in [5.74, 6) is 5.64. The first-order chi connectivity index (χ1) is 9.61. The van der Waals surface area contributed by atoms with E-state index in [1.807, 2.05) is 32.0 Å². The van der Waals surface area contributed by atoms with Crippen molar-refractivity contribution in [1.82, 2.24) is 0 Å². The molecule has 1 aliphatic heterocycles. The zero-order valence-electron chi connectivity index (χ0n) is 11.8. The Hall–Kier alpha value is -1.83. The Labute approximate surface area is 119 Å². The van der Waals surface area contributed by atoms with Crippen molar-refractivity contribution in [2.24, 2.45) is 5.92 Å². The first-order valence-corrected chi connectivity index (χ1v) is 6.74. The van der Waals surface area contributed by atoms with E-state index < -0.39 is 0 Å². The second kappa shape index (κ2) is 6.56. The van der Waals surface area contributed by atoms with Crippen LogP contribution >= 0.6 is 0 Å². The molecule has 1 amide bonds. The van der Waals surface area contributed by atoms with Crippen LogP contribution < -0.4 is 5.32 Å². The summed E-state index contributed by atoms with van der Waals surface area (Å²) < 4.78 is 5.44. The van der Waals surface area contributed by atoms with Gasteiger partial charge in [0.05, 0.1) is 0 Å². The first kappa shape index (κ1) is 14.6. The Bertz CT molecular complexity index is 557. The second-order valence-electron chi connectivity index (χ2n) is 5.04. The number of hydrogen-bond donors (Lipinski definition) is 2. The molecule has 2 N–H and O–H groups in total. The number of aryl methyl sites for hydroxylation is 1. The number of hydrogen-bond acceptors (Lipinski definition) is 3. The minimum Gasteiger partial charge on any atom is -0.384 e. The molecule has 0 aromatic heterocycles.